The molecule has 40 heavy (non-hydrogen) atoms. The molecule has 2 aliphatic rings. The van der Waals surface area contributed by atoms with Crippen LogP contribution in [0.5, 0.6) is 0 Å². The largest absolute Gasteiger partial charge is 0.466 e. The number of likely N-dealkylation sites (tertiary alicyclic amines) is 1. The van der Waals surface area contributed by atoms with Crippen molar-refractivity contribution in [2.24, 2.45) is 5.92 Å². The SMILES string of the molecule is CCOC(=O)CC1CCN(C(=O)C[C@H]2O[C@H](c3cccc4ccccc34)c3cc(Cl)ccc3-n3cccc32)CC1. The molecule has 1 amide bonds. The minimum Gasteiger partial charge on any atom is -0.466 e. The standard InChI is InChI=1S/C33H33ClN2O4/c1-2-39-32(38)19-22-14-17-35(18-15-22)31(37)21-30-29-11-6-16-36(29)28-13-12-24(34)20-27(28)33(40-30)26-10-5-8-23-7-3-4-9-25(23)26/h3-13,16,20,22,30,33H,2,14-15,17-19,21H2,1H3/t30-,33-/m1/s1. The maximum absolute atomic E-state index is 13.6. The molecular formula is C33H33ClN2O4. The van der Waals surface area contributed by atoms with Crippen LogP contribution in [0.2, 0.25) is 5.02 Å². The lowest BCUT2D eigenvalue weighted by Crippen LogP contribution is -2.39. The first-order valence-electron chi connectivity index (χ1n) is 14.1. The third-order valence-electron chi connectivity index (χ3n) is 8.14. The van der Waals surface area contributed by atoms with Gasteiger partial charge in [-0.15, -0.1) is 0 Å². The highest BCUT2D eigenvalue weighted by Gasteiger charge is 2.34. The highest BCUT2D eigenvalue weighted by atomic mass is 35.5. The number of hydrogen-bond acceptors (Lipinski definition) is 4. The molecule has 4 aromatic rings. The van der Waals surface area contributed by atoms with Crippen LogP contribution in [0.1, 0.15) is 61.6 Å². The van der Waals surface area contributed by atoms with Crippen LogP contribution >= 0.6 is 11.6 Å². The monoisotopic (exact) mass is 556 g/mol. The van der Waals surface area contributed by atoms with E-state index in [9.17, 15) is 9.59 Å². The van der Waals surface area contributed by atoms with E-state index in [2.05, 4.69) is 34.9 Å². The Labute approximate surface area is 239 Å². The van der Waals surface area contributed by atoms with Gasteiger partial charge in [-0.25, -0.2) is 0 Å². The number of carbonyl (C=O) groups is 2. The molecule has 1 saturated heterocycles. The van der Waals surface area contributed by atoms with Crippen molar-refractivity contribution in [2.75, 3.05) is 19.7 Å². The third-order valence-corrected chi connectivity index (χ3v) is 8.37. The number of amides is 1. The van der Waals surface area contributed by atoms with Crippen molar-refractivity contribution in [1.82, 2.24) is 9.47 Å². The maximum Gasteiger partial charge on any atom is 0.306 e. The maximum atomic E-state index is 13.6. The van der Waals surface area contributed by atoms with E-state index in [0.29, 0.717) is 31.1 Å². The van der Waals surface area contributed by atoms with Crippen molar-refractivity contribution in [2.45, 2.75) is 44.8 Å². The Balaban J connectivity index is 1.29. The van der Waals surface area contributed by atoms with Crippen molar-refractivity contribution in [3.63, 3.8) is 0 Å². The number of aromatic nitrogens is 1. The molecule has 0 spiro atoms. The first-order chi connectivity index (χ1) is 19.5. The van der Waals surface area contributed by atoms with Crippen LogP contribution in [-0.4, -0.2) is 41.0 Å². The molecule has 0 saturated carbocycles. The topological polar surface area (TPSA) is 60.8 Å². The molecule has 6 nitrogen and oxygen atoms in total. The van der Waals surface area contributed by atoms with Crippen LogP contribution in [-0.2, 0) is 19.1 Å². The number of halogens is 1. The molecule has 0 N–H and O–H groups in total. The third kappa shape index (κ3) is 5.26. The van der Waals surface area contributed by atoms with Gasteiger partial charge in [0, 0.05) is 36.3 Å². The van der Waals surface area contributed by atoms with Gasteiger partial charge in [0.05, 0.1) is 24.4 Å². The summed E-state index contributed by atoms with van der Waals surface area (Å²) in [6, 6.07) is 24.5. The van der Waals surface area contributed by atoms with Crippen molar-refractivity contribution in [1.29, 1.82) is 0 Å². The van der Waals surface area contributed by atoms with E-state index in [1.165, 1.54) is 0 Å². The minimum atomic E-state index is -0.449. The predicted molar refractivity (Wildman–Crippen MR) is 156 cm³/mol. The molecule has 2 atom stereocenters. The van der Waals surface area contributed by atoms with Gasteiger partial charge in [0.1, 0.15) is 12.2 Å². The van der Waals surface area contributed by atoms with Gasteiger partial charge in [0.25, 0.3) is 0 Å². The Hall–Kier alpha value is -3.61. The fourth-order valence-electron chi connectivity index (χ4n) is 6.14. The molecule has 0 bridgehead atoms. The Morgan fingerprint density at radius 1 is 0.950 bits per heavy atom. The van der Waals surface area contributed by atoms with E-state index >= 15 is 0 Å². The molecule has 1 fully saturated rings. The molecule has 206 valence electrons. The van der Waals surface area contributed by atoms with Crippen molar-refractivity contribution in [3.05, 3.63) is 101 Å². The van der Waals surface area contributed by atoms with Crippen molar-refractivity contribution in [3.8, 4) is 5.69 Å². The van der Waals surface area contributed by atoms with Gasteiger partial charge >= 0.3 is 5.97 Å². The highest BCUT2D eigenvalue weighted by Crippen LogP contribution is 2.44. The summed E-state index contributed by atoms with van der Waals surface area (Å²) in [5.74, 6) is 0.163. The Morgan fingerprint density at radius 2 is 1.75 bits per heavy atom. The van der Waals surface area contributed by atoms with E-state index in [1.807, 2.05) is 60.5 Å². The Morgan fingerprint density at radius 3 is 2.58 bits per heavy atom. The Bertz CT molecular complexity index is 1530. The van der Waals surface area contributed by atoms with E-state index in [1.54, 1.807) is 0 Å². The average Bonchev–Trinajstić information content (AvgIpc) is 3.41. The lowest BCUT2D eigenvalue weighted by molar-refractivity contribution is -0.144. The van der Waals surface area contributed by atoms with Gasteiger partial charge in [-0.05, 0) is 72.4 Å². The number of piperidine rings is 1. The molecule has 1 aromatic heterocycles. The first-order valence-corrected chi connectivity index (χ1v) is 14.4. The zero-order valence-corrected chi connectivity index (χ0v) is 23.3. The summed E-state index contributed by atoms with van der Waals surface area (Å²) in [5.41, 5.74) is 3.95. The number of esters is 1. The lowest BCUT2D eigenvalue weighted by Gasteiger charge is -2.33. The minimum absolute atomic E-state index is 0.0630. The molecule has 0 unspecified atom stereocenters. The molecule has 3 heterocycles. The quantitative estimate of drug-likeness (QED) is 0.239. The van der Waals surface area contributed by atoms with E-state index in [0.717, 1.165) is 46.1 Å². The van der Waals surface area contributed by atoms with E-state index in [-0.39, 0.29) is 24.2 Å². The molecule has 7 heteroatoms. The molecule has 0 aliphatic carbocycles. The number of nitrogens with zero attached hydrogens (tertiary/aromatic N) is 2. The second-order valence-corrected chi connectivity index (χ2v) is 11.1. The second kappa shape index (κ2) is 11.5. The average molecular weight is 557 g/mol. The summed E-state index contributed by atoms with van der Waals surface area (Å²) in [7, 11) is 0. The number of hydrogen-bond donors (Lipinski definition) is 0. The van der Waals surface area contributed by atoms with Gasteiger partial charge in [-0.1, -0.05) is 54.1 Å². The van der Waals surface area contributed by atoms with E-state index < -0.39 is 12.2 Å². The molecule has 6 rings (SSSR count). The van der Waals surface area contributed by atoms with Gasteiger partial charge in [-0.2, -0.15) is 0 Å². The summed E-state index contributed by atoms with van der Waals surface area (Å²) >= 11 is 6.53. The van der Waals surface area contributed by atoms with Gasteiger partial charge in [0.2, 0.25) is 5.91 Å². The summed E-state index contributed by atoms with van der Waals surface area (Å²) < 4.78 is 14.2. The van der Waals surface area contributed by atoms with Crippen LogP contribution in [0.4, 0.5) is 0 Å². The van der Waals surface area contributed by atoms with Gasteiger partial charge in [-0.3, -0.25) is 9.59 Å². The molecule has 2 aliphatic heterocycles. The number of benzene rings is 3. The number of carbonyl (C=O) groups excluding carboxylic acids is 2. The van der Waals surface area contributed by atoms with Crippen LogP contribution in [0.25, 0.3) is 16.5 Å². The lowest BCUT2D eigenvalue weighted by atomic mass is 9.93. The van der Waals surface area contributed by atoms with Crippen LogP contribution in [0.3, 0.4) is 0 Å². The zero-order chi connectivity index (χ0) is 27.6. The number of fused-ring (bicyclic) bond motifs is 4. The van der Waals surface area contributed by atoms with Crippen LogP contribution < -0.4 is 0 Å². The highest BCUT2D eigenvalue weighted by molar-refractivity contribution is 6.30. The van der Waals surface area contributed by atoms with E-state index in [4.69, 9.17) is 21.1 Å². The Kier molecular flexibility index (Phi) is 7.63. The number of rotatable bonds is 6. The first kappa shape index (κ1) is 26.6. The fourth-order valence-corrected chi connectivity index (χ4v) is 6.32. The molecular weight excluding hydrogens is 524 g/mol. The summed E-state index contributed by atoms with van der Waals surface area (Å²) in [4.78, 5) is 27.5. The van der Waals surface area contributed by atoms with Crippen molar-refractivity contribution >= 4 is 34.2 Å². The van der Waals surface area contributed by atoms with Gasteiger partial charge < -0.3 is 18.9 Å². The molecule has 3 aromatic carbocycles. The normalized spacial score (nSPS) is 19.1. The van der Waals surface area contributed by atoms with Gasteiger partial charge in [0.15, 0.2) is 0 Å². The summed E-state index contributed by atoms with van der Waals surface area (Å²) in [6.45, 7) is 3.50. The van der Waals surface area contributed by atoms with Crippen LogP contribution in [0, 0.1) is 5.92 Å². The smallest absolute Gasteiger partial charge is 0.306 e. The summed E-state index contributed by atoms with van der Waals surface area (Å²) in [5, 5.41) is 2.89. The summed E-state index contributed by atoms with van der Waals surface area (Å²) in [6.07, 6.45) is 3.42. The fraction of sp³-hybridized carbons (Fsp3) is 0.333. The molecule has 0 radical (unpaired) electrons. The number of ether oxygens (including phenoxy) is 2. The van der Waals surface area contributed by atoms with Crippen molar-refractivity contribution < 1.29 is 19.1 Å². The zero-order valence-electron chi connectivity index (χ0n) is 22.6. The second-order valence-electron chi connectivity index (χ2n) is 10.6. The van der Waals surface area contributed by atoms with Crippen LogP contribution in [0.15, 0.2) is 79.0 Å². The predicted octanol–water partition coefficient (Wildman–Crippen LogP) is 7.03.